The number of nitrogens with one attached hydrogen (secondary N) is 2. The molecule has 0 unspecified atom stereocenters. The van der Waals surface area contributed by atoms with E-state index < -0.39 is 0 Å². The Balaban J connectivity index is 0.892. The summed E-state index contributed by atoms with van der Waals surface area (Å²) in [7, 11) is 0. The Labute approximate surface area is 335 Å². The number of ketones is 4. The summed E-state index contributed by atoms with van der Waals surface area (Å²) in [4.78, 5) is 83.5. The number of carbonyl (C=O) groups excluding carboxylic acids is 6. The molecule has 14 nitrogen and oxygen atoms in total. The highest BCUT2D eigenvalue weighted by molar-refractivity contribution is 6.31. The number of carbonyl (C=O) groups is 6. The number of benzene rings is 4. The van der Waals surface area contributed by atoms with Crippen molar-refractivity contribution in [2.45, 2.75) is 0 Å². The SMILES string of the molecule is O=C(CN1CCOCCOCCN(CC(=O)Nc2cccc3c2C(=O)c2ccccc2C3=O)CCOCCOCC1)Nc1cccc2c1C(=O)c1ccccc1C2=O. The Kier molecular flexibility index (Phi) is 13.3. The van der Waals surface area contributed by atoms with Crippen molar-refractivity contribution in [3.63, 3.8) is 0 Å². The molecule has 2 amide bonds. The van der Waals surface area contributed by atoms with Gasteiger partial charge < -0.3 is 29.6 Å². The number of nitrogens with zero attached hydrogens (tertiary/aromatic N) is 2. The van der Waals surface area contributed by atoms with Crippen LogP contribution in [0.4, 0.5) is 11.4 Å². The zero-order valence-electron chi connectivity index (χ0n) is 32.0. The molecule has 0 radical (unpaired) electrons. The van der Waals surface area contributed by atoms with E-state index in [1.165, 1.54) is 0 Å². The molecule has 0 atom stereocenters. The second kappa shape index (κ2) is 19.1. The van der Waals surface area contributed by atoms with Gasteiger partial charge in [0.05, 0.1) is 88.4 Å². The Hall–Kier alpha value is -5.74. The standard InChI is InChI=1S/C44H44N4O10/c49-37(45-35-13-5-11-33-39(35)43(53)31-9-3-1-7-29(31)41(33)51)27-47-15-19-55-23-25-57-21-17-48(18-22-58-26-24-56-20-16-47)28-38(50)46-36-14-6-12-34-40(36)44(54)32-10-4-2-8-30(32)42(34)52/h1-14H,15-28H2,(H,45,49)(H,46,50). The lowest BCUT2D eigenvalue weighted by Crippen LogP contribution is -2.39. The topological polar surface area (TPSA) is 170 Å². The van der Waals surface area contributed by atoms with Crippen molar-refractivity contribution < 1.29 is 47.7 Å². The van der Waals surface area contributed by atoms with E-state index in [0.717, 1.165) is 0 Å². The van der Waals surface area contributed by atoms with E-state index in [1.54, 1.807) is 84.9 Å². The number of anilines is 2. The second-order valence-electron chi connectivity index (χ2n) is 14.0. The van der Waals surface area contributed by atoms with Gasteiger partial charge in [-0.2, -0.15) is 0 Å². The summed E-state index contributed by atoms with van der Waals surface area (Å²) in [6.45, 7) is 4.20. The van der Waals surface area contributed by atoms with Crippen LogP contribution in [0.25, 0.3) is 0 Å². The molecule has 1 heterocycles. The summed E-state index contributed by atoms with van der Waals surface area (Å²) >= 11 is 0. The fourth-order valence-electron chi connectivity index (χ4n) is 7.24. The van der Waals surface area contributed by atoms with Crippen LogP contribution in [0, 0.1) is 0 Å². The molecule has 300 valence electrons. The lowest BCUT2D eigenvalue weighted by Gasteiger charge is -2.24. The van der Waals surface area contributed by atoms with Crippen LogP contribution in [0.5, 0.6) is 0 Å². The van der Waals surface area contributed by atoms with Gasteiger partial charge in [0.1, 0.15) is 0 Å². The van der Waals surface area contributed by atoms with Crippen molar-refractivity contribution in [1.29, 1.82) is 0 Å². The summed E-state index contributed by atoms with van der Waals surface area (Å²) < 4.78 is 23.3. The van der Waals surface area contributed by atoms with Gasteiger partial charge in [-0.3, -0.25) is 38.6 Å². The molecule has 0 bridgehead atoms. The maximum absolute atomic E-state index is 13.4. The Morgan fingerprint density at radius 1 is 0.414 bits per heavy atom. The Bertz CT molecular complexity index is 2050. The van der Waals surface area contributed by atoms with Crippen LogP contribution in [0.15, 0.2) is 84.9 Å². The molecule has 7 rings (SSSR count). The molecule has 1 fully saturated rings. The zero-order chi connectivity index (χ0) is 40.4. The molecule has 4 aromatic carbocycles. The highest BCUT2D eigenvalue weighted by Crippen LogP contribution is 2.33. The average Bonchev–Trinajstić information content (AvgIpc) is 3.23. The van der Waals surface area contributed by atoms with Crippen LogP contribution < -0.4 is 10.6 Å². The maximum atomic E-state index is 13.4. The van der Waals surface area contributed by atoms with E-state index in [-0.39, 0.29) is 81.7 Å². The van der Waals surface area contributed by atoms with Crippen LogP contribution in [-0.2, 0) is 28.5 Å². The number of ether oxygens (including phenoxy) is 4. The van der Waals surface area contributed by atoms with Crippen LogP contribution in [0.3, 0.4) is 0 Å². The molecular formula is C44H44N4O10. The van der Waals surface area contributed by atoms with Crippen LogP contribution in [0.2, 0.25) is 0 Å². The van der Waals surface area contributed by atoms with Crippen LogP contribution >= 0.6 is 0 Å². The number of fused-ring (bicyclic) bond motifs is 4. The second-order valence-corrected chi connectivity index (χ2v) is 14.0. The molecule has 3 aliphatic rings. The first-order chi connectivity index (χ1) is 28.3. The minimum absolute atomic E-state index is 0.000655. The highest BCUT2D eigenvalue weighted by atomic mass is 16.5. The van der Waals surface area contributed by atoms with E-state index in [1.807, 2.05) is 9.80 Å². The average molecular weight is 789 g/mol. The summed E-state index contributed by atoms with van der Waals surface area (Å²) in [5.74, 6) is -1.84. The van der Waals surface area contributed by atoms with Gasteiger partial charge in [-0.05, 0) is 12.1 Å². The van der Waals surface area contributed by atoms with Crippen molar-refractivity contribution in [2.24, 2.45) is 0 Å². The first-order valence-corrected chi connectivity index (χ1v) is 19.3. The number of amides is 2. The molecule has 58 heavy (non-hydrogen) atoms. The van der Waals surface area contributed by atoms with E-state index in [2.05, 4.69) is 10.6 Å². The van der Waals surface area contributed by atoms with Gasteiger partial charge in [0, 0.05) is 59.6 Å². The molecule has 14 heteroatoms. The molecule has 1 aliphatic heterocycles. The normalized spacial score (nSPS) is 17.5. The molecule has 0 spiro atoms. The van der Waals surface area contributed by atoms with Crippen LogP contribution in [0.1, 0.15) is 63.7 Å². The number of hydrogen-bond donors (Lipinski definition) is 2. The molecule has 0 aromatic heterocycles. The first kappa shape index (κ1) is 40.5. The van der Waals surface area contributed by atoms with Crippen molar-refractivity contribution in [2.75, 3.05) is 103 Å². The van der Waals surface area contributed by atoms with Crippen molar-refractivity contribution in [1.82, 2.24) is 9.80 Å². The molecule has 2 N–H and O–H groups in total. The largest absolute Gasteiger partial charge is 0.378 e. The van der Waals surface area contributed by atoms with Gasteiger partial charge in [-0.1, -0.05) is 72.8 Å². The third-order valence-electron chi connectivity index (χ3n) is 10.1. The highest BCUT2D eigenvalue weighted by Gasteiger charge is 2.33. The predicted molar refractivity (Wildman–Crippen MR) is 213 cm³/mol. The van der Waals surface area contributed by atoms with Gasteiger partial charge in [0.15, 0.2) is 23.1 Å². The van der Waals surface area contributed by atoms with Crippen LogP contribution in [-0.4, -0.2) is 137 Å². The maximum Gasteiger partial charge on any atom is 0.238 e. The lowest BCUT2D eigenvalue weighted by molar-refractivity contribution is -0.118. The smallest absolute Gasteiger partial charge is 0.238 e. The monoisotopic (exact) mass is 788 g/mol. The van der Waals surface area contributed by atoms with Gasteiger partial charge in [-0.25, -0.2) is 0 Å². The summed E-state index contributed by atoms with van der Waals surface area (Å²) in [6.07, 6.45) is 0. The van der Waals surface area contributed by atoms with E-state index in [9.17, 15) is 28.8 Å². The fourth-order valence-corrected chi connectivity index (χ4v) is 7.24. The van der Waals surface area contributed by atoms with Crippen molar-refractivity contribution >= 4 is 46.3 Å². The third-order valence-corrected chi connectivity index (χ3v) is 10.1. The lowest BCUT2D eigenvalue weighted by atomic mass is 9.83. The number of rotatable bonds is 6. The van der Waals surface area contributed by atoms with Gasteiger partial charge >= 0.3 is 0 Å². The van der Waals surface area contributed by atoms with Gasteiger partial charge in [0.2, 0.25) is 11.8 Å². The summed E-state index contributed by atoms with van der Waals surface area (Å²) in [6, 6.07) is 23.1. The molecule has 4 aromatic rings. The fraction of sp³-hybridized carbons (Fsp3) is 0.318. The molecule has 1 saturated heterocycles. The Morgan fingerprint density at radius 3 is 1.07 bits per heavy atom. The number of hydrogen-bond acceptors (Lipinski definition) is 12. The van der Waals surface area contributed by atoms with Gasteiger partial charge in [-0.15, -0.1) is 0 Å². The molecule has 0 saturated carbocycles. The predicted octanol–water partition coefficient (Wildman–Crippen LogP) is 3.50. The van der Waals surface area contributed by atoms with Crippen molar-refractivity contribution in [3.05, 3.63) is 129 Å². The van der Waals surface area contributed by atoms with E-state index in [0.29, 0.717) is 101 Å². The van der Waals surface area contributed by atoms with Crippen molar-refractivity contribution in [3.8, 4) is 0 Å². The molecule has 2 aliphatic carbocycles. The minimum Gasteiger partial charge on any atom is -0.378 e. The summed E-state index contributed by atoms with van der Waals surface area (Å²) in [5.41, 5.74) is 2.77. The first-order valence-electron chi connectivity index (χ1n) is 19.3. The van der Waals surface area contributed by atoms with E-state index >= 15 is 0 Å². The quantitative estimate of drug-likeness (QED) is 0.252. The van der Waals surface area contributed by atoms with E-state index in [4.69, 9.17) is 18.9 Å². The Morgan fingerprint density at radius 2 is 0.724 bits per heavy atom. The van der Waals surface area contributed by atoms with Gasteiger partial charge in [0.25, 0.3) is 0 Å². The summed E-state index contributed by atoms with van der Waals surface area (Å²) in [5, 5.41) is 5.70. The minimum atomic E-state index is -0.350. The molecular weight excluding hydrogens is 745 g/mol. The third kappa shape index (κ3) is 9.34. The zero-order valence-corrected chi connectivity index (χ0v) is 32.0.